The van der Waals surface area contributed by atoms with E-state index in [1.165, 1.54) is 23.5 Å². The summed E-state index contributed by atoms with van der Waals surface area (Å²) in [6.45, 7) is 0. The van der Waals surface area contributed by atoms with Crippen LogP contribution in [0, 0.1) is 20.2 Å². The smallest absolute Gasteiger partial charge is 0.235 e. The van der Waals surface area contributed by atoms with Crippen molar-refractivity contribution in [2.75, 3.05) is 0 Å². The fourth-order valence-electron chi connectivity index (χ4n) is 0.816. The second-order valence-corrected chi connectivity index (χ2v) is 3.59. The standard InChI is InChI=1S/C8H6N2O4S/c11-9(12)5-3-7-1-2-8(15-7)4-6-10(13)14/h1-6H. The lowest BCUT2D eigenvalue weighted by Crippen LogP contribution is -1.80. The van der Waals surface area contributed by atoms with Crippen molar-refractivity contribution in [3.8, 4) is 0 Å². The molecular weight excluding hydrogens is 220 g/mol. The molecule has 6 nitrogen and oxygen atoms in total. The summed E-state index contributed by atoms with van der Waals surface area (Å²) in [5.41, 5.74) is 0. The number of nitrogens with zero attached hydrogens (tertiary/aromatic N) is 2. The van der Waals surface area contributed by atoms with Crippen molar-refractivity contribution in [3.63, 3.8) is 0 Å². The van der Waals surface area contributed by atoms with Crippen LogP contribution in [0.1, 0.15) is 9.75 Å². The Hall–Kier alpha value is -2.02. The molecule has 0 aliphatic rings. The second-order valence-electron chi connectivity index (χ2n) is 2.44. The highest BCUT2D eigenvalue weighted by Crippen LogP contribution is 2.19. The minimum absolute atomic E-state index is 0.563. The number of rotatable bonds is 4. The molecule has 0 spiro atoms. The third kappa shape index (κ3) is 4.14. The Labute approximate surface area is 88.5 Å². The van der Waals surface area contributed by atoms with E-state index < -0.39 is 9.85 Å². The molecule has 15 heavy (non-hydrogen) atoms. The highest BCUT2D eigenvalue weighted by atomic mass is 32.1. The maximum absolute atomic E-state index is 10.0. The zero-order valence-electron chi connectivity index (χ0n) is 7.40. The van der Waals surface area contributed by atoms with Crippen molar-refractivity contribution in [2.24, 2.45) is 0 Å². The fourth-order valence-corrected chi connectivity index (χ4v) is 1.62. The third-order valence-corrected chi connectivity index (χ3v) is 2.38. The van der Waals surface area contributed by atoms with Gasteiger partial charge in [0.15, 0.2) is 0 Å². The second kappa shape index (κ2) is 5.01. The van der Waals surface area contributed by atoms with Gasteiger partial charge in [-0.25, -0.2) is 0 Å². The Balaban J connectivity index is 2.72. The molecular formula is C8H6N2O4S. The maximum Gasteiger partial charge on any atom is 0.235 e. The monoisotopic (exact) mass is 226 g/mol. The van der Waals surface area contributed by atoms with E-state index >= 15 is 0 Å². The van der Waals surface area contributed by atoms with Gasteiger partial charge in [0, 0.05) is 21.9 Å². The maximum atomic E-state index is 10.0. The Morgan fingerprint density at radius 2 is 1.40 bits per heavy atom. The van der Waals surface area contributed by atoms with Crippen molar-refractivity contribution < 1.29 is 9.85 Å². The van der Waals surface area contributed by atoms with Crippen LogP contribution >= 0.6 is 11.3 Å². The van der Waals surface area contributed by atoms with E-state index in [1.54, 1.807) is 12.1 Å². The van der Waals surface area contributed by atoms with Crippen molar-refractivity contribution in [3.05, 3.63) is 54.5 Å². The van der Waals surface area contributed by atoms with Crippen LogP contribution in [0.2, 0.25) is 0 Å². The molecule has 0 N–H and O–H groups in total. The number of thiophene rings is 1. The summed E-state index contributed by atoms with van der Waals surface area (Å²) in [4.78, 5) is 20.3. The van der Waals surface area contributed by atoms with E-state index in [9.17, 15) is 20.2 Å². The molecule has 0 unspecified atom stereocenters. The van der Waals surface area contributed by atoms with Crippen molar-refractivity contribution in [1.29, 1.82) is 0 Å². The predicted octanol–water partition coefficient (Wildman–Crippen LogP) is 2.24. The van der Waals surface area contributed by atoms with Gasteiger partial charge in [-0.3, -0.25) is 20.2 Å². The molecule has 0 amide bonds. The predicted molar refractivity (Wildman–Crippen MR) is 56.4 cm³/mol. The molecule has 1 aromatic heterocycles. The number of nitro groups is 2. The van der Waals surface area contributed by atoms with Crippen LogP contribution in [0.3, 0.4) is 0 Å². The van der Waals surface area contributed by atoms with Crippen molar-refractivity contribution in [2.45, 2.75) is 0 Å². The first-order valence-electron chi connectivity index (χ1n) is 3.81. The van der Waals surface area contributed by atoms with Gasteiger partial charge >= 0.3 is 0 Å². The van der Waals surface area contributed by atoms with Gasteiger partial charge < -0.3 is 0 Å². The molecule has 0 radical (unpaired) electrons. The lowest BCUT2D eigenvalue weighted by atomic mass is 10.4. The summed E-state index contributed by atoms with van der Waals surface area (Å²) >= 11 is 1.23. The quantitative estimate of drug-likeness (QED) is 0.581. The topological polar surface area (TPSA) is 86.3 Å². The first-order valence-corrected chi connectivity index (χ1v) is 4.63. The SMILES string of the molecule is O=[N+]([O-])C=Cc1ccc(C=C[N+](=O)[O-])s1. The Morgan fingerprint density at radius 3 is 1.73 bits per heavy atom. The Kier molecular flexibility index (Phi) is 3.69. The molecule has 0 saturated carbocycles. The zero-order valence-corrected chi connectivity index (χ0v) is 8.22. The van der Waals surface area contributed by atoms with Crippen LogP contribution in [-0.4, -0.2) is 9.85 Å². The first-order chi connectivity index (χ1) is 7.08. The first kappa shape index (κ1) is 11.1. The van der Waals surface area contributed by atoms with Gasteiger partial charge in [0.2, 0.25) is 12.4 Å². The molecule has 0 saturated heterocycles. The van der Waals surface area contributed by atoms with Crippen LogP contribution < -0.4 is 0 Å². The molecule has 1 aromatic rings. The largest absolute Gasteiger partial charge is 0.259 e. The van der Waals surface area contributed by atoms with Gasteiger partial charge in [-0.15, -0.1) is 11.3 Å². The minimum Gasteiger partial charge on any atom is -0.259 e. The van der Waals surface area contributed by atoms with Crippen molar-refractivity contribution in [1.82, 2.24) is 0 Å². The van der Waals surface area contributed by atoms with E-state index in [2.05, 4.69) is 0 Å². The van der Waals surface area contributed by atoms with E-state index in [1.807, 2.05) is 0 Å². The molecule has 0 aliphatic carbocycles. The lowest BCUT2D eigenvalue weighted by molar-refractivity contribution is -0.401. The van der Waals surface area contributed by atoms with Crippen LogP contribution in [0.15, 0.2) is 24.5 Å². The van der Waals surface area contributed by atoms with E-state index in [4.69, 9.17) is 0 Å². The summed E-state index contributed by atoms with van der Waals surface area (Å²) in [6.07, 6.45) is 4.34. The Bertz CT molecular complexity index is 397. The zero-order chi connectivity index (χ0) is 11.3. The fraction of sp³-hybridized carbons (Fsp3) is 0. The molecule has 1 heterocycles. The van der Waals surface area contributed by atoms with Crippen LogP contribution in [0.4, 0.5) is 0 Å². The van der Waals surface area contributed by atoms with Crippen LogP contribution in [0.5, 0.6) is 0 Å². The minimum atomic E-state index is -0.563. The van der Waals surface area contributed by atoms with Gasteiger partial charge in [0.1, 0.15) is 0 Å². The highest BCUT2D eigenvalue weighted by Gasteiger charge is 1.97. The Morgan fingerprint density at radius 1 is 1.00 bits per heavy atom. The number of hydrogen-bond donors (Lipinski definition) is 0. The molecule has 0 aliphatic heterocycles. The molecule has 1 rings (SSSR count). The van der Waals surface area contributed by atoms with Crippen molar-refractivity contribution >= 4 is 23.5 Å². The molecule has 0 aromatic carbocycles. The average molecular weight is 226 g/mol. The van der Waals surface area contributed by atoms with Gasteiger partial charge in [0.05, 0.1) is 9.85 Å². The lowest BCUT2D eigenvalue weighted by Gasteiger charge is -1.80. The summed E-state index contributed by atoms with van der Waals surface area (Å²) in [5, 5.41) is 20.0. The van der Waals surface area contributed by atoms with Gasteiger partial charge in [0.25, 0.3) is 0 Å². The molecule has 0 atom stereocenters. The van der Waals surface area contributed by atoms with E-state index in [-0.39, 0.29) is 0 Å². The summed E-state index contributed by atoms with van der Waals surface area (Å²) < 4.78 is 0. The number of hydrogen-bond acceptors (Lipinski definition) is 5. The summed E-state index contributed by atoms with van der Waals surface area (Å²) in [6, 6.07) is 3.31. The molecule has 0 fully saturated rings. The normalized spacial score (nSPS) is 11.2. The molecule has 0 bridgehead atoms. The van der Waals surface area contributed by atoms with E-state index in [0.717, 1.165) is 12.4 Å². The van der Waals surface area contributed by atoms with E-state index in [0.29, 0.717) is 9.75 Å². The average Bonchev–Trinajstić information content (AvgIpc) is 2.59. The molecule has 7 heteroatoms. The van der Waals surface area contributed by atoms with Gasteiger partial charge in [-0.1, -0.05) is 0 Å². The highest BCUT2D eigenvalue weighted by molar-refractivity contribution is 7.13. The van der Waals surface area contributed by atoms with Gasteiger partial charge in [-0.05, 0) is 12.1 Å². The van der Waals surface area contributed by atoms with Gasteiger partial charge in [-0.2, -0.15) is 0 Å². The van der Waals surface area contributed by atoms with Crippen LogP contribution in [0.25, 0.3) is 12.2 Å². The molecule has 78 valence electrons. The third-order valence-electron chi connectivity index (χ3n) is 1.37. The summed E-state index contributed by atoms with van der Waals surface area (Å²) in [7, 11) is 0. The summed E-state index contributed by atoms with van der Waals surface area (Å²) in [5.74, 6) is 0. The van der Waals surface area contributed by atoms with Crippen LogP contribution in [-0.2, 0) is 0 Å².